The molecule has 0 atom stereocenters. The number of para-hydroxylation sites is 1. The fraction of sp³-hybridized carbons (Fsp3) is 0.235. The van der Waals surface area contributed by atoms with Crippen molar-refractivity contribution in [1.82, 2.24) is 0 Å². The van der Waals surface area contributed by atoms with E-state index in [1.54, 1.807) is 0 Å². The van der Waals surface area contributed by atoms with Crippen molar-refractivity contribution >= 4 is 23.2 Å². The molecular formula is C17H17ClFNO. The first kappa shape index (κ1) is 15.5. The summed E-state index contributed by atoms with van der Waals surface area (Å²) >= 11 is 5.93. The van der Waals surface area contributed by atoms with E-state index >= 15 is 0 Å². The summed E-state index contributed by atoms with van der Waals surface area (Å²) in [5.74, 6) is -0.912. The lowest BCUT2D eigenvalue weighted by molar-refractivity contribution is 0.102. The van der Waals surface area contributed by atoms with E-state index in [9.17, 15) is 9.18 Å². The number of anilines is 1. The van der Waals surface area contributed by atoms with Crippen molar-refractivity contribution in [1.29, 1.82) is 0 Å². The topological polar surface area (TPSA) is 29.1 Å². The Bertz CT molecular complexity index is 662. The number of nitrogens with one attached hydrogen (secondary N) is 1. The molecule has 0 saturated carbocycles. The lowest BCUT2D eigenvalue weighted by atomic mass is 9.98. The summed E-state index contributed by atoms with van der Waals surface area (Å²) in [7, 11) is 0. The first-order chi connectivity index (χ1) is 9.91. The summed E-state index contributed by atoms with van der Waals surface area (Å²) in [5, 5.41) is 2.90. The van der Waals surface area contributed by atoms with Gasteiger partial charge in [0, 0.05) is 5.69 Å². The van der Waals surface area contributed by atoms with E-state index in [0.717, 1.165) is 16.8 Å². The van der Waals surface area contributed by atoms with Crippen molar-refractivity contribution in [2.75, 3.05) is 5.32 Å². The molecule has 0 spiro atoms. The number of benzene rings is 2. The summed E-state index contributed by atoms with van der Waals surface area (Å²) in [4.78, 5) is 12.3. The molecule has 0 heterocycles. The summed E-state index contributed by atoms with van der Waals surface area (Å²) < 4.78 is 13.8. The number of amides is 1. The molecule has 2 aromatic carbocycles. The van der Waals surface area contributed by atoms with Gasteiger partial charge >= 0.3 is 0 Å². The molecule has 0 aliphatic heterocycles. The van der Waals surface area contributed by atoms with E-state index in [2.05, 4.69) is 5.32 Å². The minimum atomic E-state index is -0.625. The number of hydrogen-bond donors (Lipinski definition) is 1. The minimum Gasteiger partial charge on any atom is -0.321 e. The second-order valence-corrected chi connectivity index (χ2v) is 5.65. The Kier molecular flexibility index (Phi) is 4.63. The molecule has 1 amide bonds. The predicted octanol–water partition coefficient (Wildman–Crippen LogP) is 5.16. The Hall–Kier alpha value is -1.87. The van der Waals surface area contributed by atoms with Gasteiger partial charge < -0.3 is 5.32 Å². The van der Waals surface area contributed by atoms with Gasteiger partial charge in [-0.3, -0.25) is 4.79 Å². The molecule has 0 aromatic heterocycles. The van der Waals surface area contributed by atoms with E-state index in [1.165, 1.54) is 18.2 Å². The highest BCUT2D eigenvalue weighted by atomic mass is 35.5. The smallest absolute Gasteiger partial charge is 0.260 e. The zero-order valence-corrected chi connectivity index (χ0v) is 13.0. The van der Waals surface area contributed by atoms with Gasteiger partial charge in [-0.1, -0.05) is 49.7 Å². The maximum Gasteiger partial charge on any atom is 0.260 e. The number of rotatable bonds is 3. The molecule has 0 bridgehead atoms. The van der Waals surface area contributed by atoms with Gasteiger partial charge in [-0.2, -0.15) is 0 Å². The normalized spacial score (nSPS) is 10.8. The van der Waals surface area contributed by atoms with Crippen molar-refractivity contribution in [2.24, 2.45) is 0 Å². The zero-order valence-electron chi connectivity index (χ0n) is 12.2. The fourth-order valence-corrected chi connectivity index (χ4v) is 2.48. The predicted molar refractivity (Wildman–Crippen MR) is 84.6 cm³/mol. The maximum atomic E-state index is 13.8. The highest BCUT2D eigenvalue weighted by molar-refractivity contribution is 6.34. The zero-order chi connectivity index (χ0) is 15.6. The molecule has 110 valence electrons. The molecule has 0 aliphatic carbocycles. The second kappa shape index (κ2) is 6.27. The van der Waals surface area contributed by atoms with Crippen molar-refractivity contribution in [2.45, 2.75) is 26.7 Å². The number of hydrogen-bond acceptors (Lipinski definition) is 1. The Balaban J connectivity index is 2.41. The first-order valence-electron chi connectivity index (χ1n) is 6.76. The largest absolute Gasteiger partial charge is 0.321 e. The van der Waals surface area contributed by atoms with Gasteiger partial charge in [0.2, 0.25) is 0 Å². The number of carbonyl (C=O) groups is 1. The van der Waals surface area contributed by atoms with Crippen molar-refractivity contribution in [3.8, 4) is 0 Å². The fourth-order valence-electron chi connectivity index (χ4n) is 2.23. The monoisotopic (exact) mass is 305 g/mol. The third-order valence-corrected chi connectivity index (χ3v) is 3.67. The molecule has 0 fully saturated rings. The Labute approximate surface area is 128 Å². The second-order valence-electron chi connectivity index (χ2n) is 5.24. The standard InChI is InChI=1S/C17H17ClFNO/c1-10(2)12-7-4-6-11(3)16(12)20-17(21)15-13(18)8-5-9-14(15)19/h4-10H,1-3H3,(H,20,21). The Morgan fingerprint density at radius 2 is 1.86 bits per heavy atom. The van der Waals surface area contributed by atoms with Crippen LogP contribution in [0.25, 0.3) is 0 Å². The molecule has 2 rings (SSSR count). The molecular weight excluding hydrogens is 289 g/mol. The number of carbonyl (C=O) groups excluding carboxylic acids is 1. The third-order valence-electron chi connectivity index (χ3n) is 3.36. The highest BCUT2D eigenvalue weighted by Gasteiger charge is 2.18. The van der Waals surface area contributed by atoms with E-state index in [1.807, 2.05) is 39.0 Å². The highest BCUT2D eigenvalue weighted by Crippen LogP contribution is 2.29. The van der Waals surface area contributed by atoms with Crippen molar-refractivity contribution < 1.29 is 9.18 Å². The molecule has 1 N–H and O–H groups in total. The van der Waals surface area contributed by atoms with E-state index in [-0.39, 0.29) is 16.5 Å². The molecule has 0 unspecified atom stereocenters. The molecule has 0 saturated heterocycles. The summed E-state index contributed by atoms with van der Waals surface area (Å²) in [6.45, 7) is 5.99. The quantitative estimate of drug-likeness (QED) is 0.833. The maximum absolute atomic E-state index is 13.8. The molecule has 0 radical (unpaired) electrons. The molecule has 2 nitrogen and oxygen atoms in total. The van der Waals surface area contributed by atoms with E-state index < -0.39 is 11.7 Å². The third kappa shape index (κ3) is 3.24. The lowest BCUT2D eigenvalue weighted by Gasteiger charge is -2.17. The summed E-state index contributed by atoms with van der Waals surface area (Å²) in [6, 6.07) is 10.0. The average molecular weight is 306 g/mol. The average Bonchev–Trinajstić information content (AvgIpc) is 2.40. The van der Waals surface area contributed by atoms with Crippen LogP contribution in [0.3, 0.4) is 0 Å². The number of aryl methyl sites for hydroxylation is 1. The van der Waals surface area contributed by atoms with Crippen LogP contribution in [0.4, 0.5) is 10.1 Å². The van der Waals surface area contributed by atoms with Crippen LogP contribution in [-0.2, 0) is 0 Å². The SMILES string of the molecule is Cc1cccc(C(C)C)c1NC(=O)c1c(F)cccc1Cl. The van der Waals surface area contributed by atoms with E-state index in [4.69, 9.17) is 11.6 Å². The summed E-state index contributed by atoms with van der Waals surface area (Å²) in [5.41, 5.74) is 2.53. The first-order valence-corrected chi connectivity index (χ1v) is 7.14. The van der Waals surface area contributed by atoms with Crippen LogP contribution in [0.2, 0.25) is 5.02 Å². The molecule has 4 heteroatoms. The molecule has 2 aromatic rings. The molecule has 0 aliphatic rings. The van der Waals surface area contributed by atoms with Gasteiger partial charge in [0.05, 0.1) is 10.6 Å². The van der Waals surface area contributed by atoms with Gasteiger partial charge in [0.15, 0.2) is 0 Å². The van der Waals surface area contributed by atoms with Gasteiger partial charge in [-0.15, -0.1) is 0 Å². The van der Waals surface area contributed by atoms with Gasteiger partial charge in [-0.05, 0) is 36.1 Å². The summed E-state index contributed by atoms with van der Waals surface area (Å²) in [6.07, 6.45) is 0. The van der Waals surface area contributed by atoms with Crippen LogP contribution in [0.5, 0.6) is 0 Å². The van der Waals surface area contributed by atoms with Gasteiger partial charge in [0.25, 0.3) is 5.91 Å². The molecule has 21 heavy (non-hydrogen) atoms. The van der Waals surface area contributed by atoms with Crippen molar-refractivity contribution in [3.05, 3.63) is 63.9 Å². The van der Waals surface area contributed by atoms with Crippen LogP contribution >= 0.6 is 11.6 Å². The van der Waals surface area contributed by atoms with Crippen LogP contribution in [-0.4, -0.2) is 5.91 Å². The van der Waals surface area contributed by atoms with E-state index in [0.29, 0.717) is 0 Å². The lowest BCUT2D eigenvalue weighted by Crippen LogP contribution is -2.16. The van der Waals surface area contributed by atoms with Crippen LogP contribution in [0.15, 0.2) is 36.4 Å². The Morgan fingerprint density at radius 1 is 1.19 bits per heavy atom. The van der Waals surface area contributed by atoms with Crippen LogP contribution in [0.1, 0.15) is 41.3 Å². The Morgan fingerprint density at radius 3 is 2.48 bits per heavy atom. The minimum absolute atomic E-state index is 0.104. The van der Waals surface area contributed by atoms with Gasteiger partial charge in [0.1, 0.15) is 5.82 Å². The van der Waals surface area contributed by atoms with Crippen LogP contribution in [0, 0.1) is 12.7 Å². The van der Waals surface area contributed by atoms with Crippen molar-refractivity contribution in [3.63, 3.8) is 0 Å². The van der Waals surface area contributed by atoms with Crippen LogP contribution < -0.4 is 5.32 Å². The van der Waals surface area contributed by atoms with Gasteiger partial charge in [-0.25, -0.2) is 4.39 Å². The number of halogens is 2.